The number of fused-ring (bicyclic) bond motifs is 1. The van der Waals surface area contributed by atoms with Gasteiger partial charge < -0.3 is 9.30 Å². The number of carbonyl (C=O) groups is 1. The van der Waals surface area contributed by atoms with Gasteiger partial charge in [0, 0.05) is 25.4 Å². The number of imidazole rings is 1. The second-order valence-corrected chi connectivity index (χ2v) is 6.54. The molecule has 0 saturated heterocycles. The van der Waals surface area contributed by atoms with Crippen LogP contribution < -0.4 is 0 Å². The smallest absolute Gasteiger partial charge is 0.272 e. The zero-order chi connectivity index (χ0) is 19.7. The monoisotopic (exact) mass is 377 g/mol. The molecule has 3 aromatic heterocycles. The number of hydrogen-bond acceptors (Lipinski definition) is 3. The van der Waals surface area contributed by atoms with Gasteiger partial charge in [0.15, 0.2) is 0 Å². The minimum atomic E-state index is -0.304. The van der Waals surface area contributed by atoms with Crippen molar-refractivity contribution in [2.45, 2.75) is 13.5 Å². The Balaban J connectivity index is 1.61. The largest absolute Gasteiger partial charge is 0.332 e. The molecule has 6 nitrogen and oxygen atoms in total. The van der Waals surface area contributed by atoms with E-state index in [1.54, 1.807) is 41.0 Å². The van der Waals surface area contributed by atoms with E-state index < -0.39 is 0 Å². The van der Waals surface area contributed by atoms with Crippen LogP contribution >= 0.6 is 0 Å². The highest BCUT2D eigenvalue weighted by Crippen LogP contribution is 2.21. The van der Waals surface area contributed by atoms with E-state index in [0.29, 0.717) is 24.5 Å². The number of pyridine rings is 1. The molecular weight excluding hydrogens is 357 g/mol. The summed E-state index contributed by atoms with van der Waals surface area (Å²) in [7, 11) is 1.74. The molecule has 1 amide bonds. The lowest BCUT2D eigenvalue weighted by Gasteiger charge is -2.20. The minimum Gasteiger partial charge on any atom is -0.332 e. The number of hydrogen-bond donors (Lipinski definition) is 0. The van der Waals surface area contributed by atoms with Crippen molar-refractivity contribution in [2.24, 2.45) is 7.05 Å². The highest BCUT2D eigenvalue weighted by molar-refractivity contribution is 5.93. The van der Waals surface area contributed by atoms with Crippen molar-refractivity contribution in [2.75, 3.05) is 6.54 Å². The van der Waals surface area contributed by atoms with Gasteiger partial charge in [-0.3, -0.25) is 9.48 Å². The predicted octanol–water partition coefficient (Wildman–Crippen LogP) is 3.54. The van der Waals surface area contributed by atoms with Crippen molar-refractivity contribution in [1.29, 1.82) is 0 Å². The molecule has 1 aromatic carbocycles. The fourth-order valence-electron chi connectivity index (χ4n) is 3.22. The summed E-state index contributed by atoms with van der Waals surface area (Å²) in [6, 6.07) is 13.6. The molecule has 0 atom stereocenters. The molecule has 0 fully saturated rings. The van der Waals surface area contributed by atoms with E-state index in [-0.39, 0.29) is 11.7 Å². The Morgan fingerprint density at radius 3 is 2.71 bits per heavy atom. The molecule has 4 aromatic rings. The number of amides is 1. The first-order valence-electron chi connectivity index (χ1n) is 9.07. The molecule has 0 saturated carbocycles. The van der Waals surface area contributed by atoms with Crippen LogP contribution in [0.25, 0.3) is 16.9 Å². The first-order valence-corrected chi connectivity index (χ1v) is 9.07. The summed E-state index contributed by atoms with van der Waals surface area (Å²) in [5, 5.41) is 4.42. The van der Waals surface area contributed by atoms with Gasteiger partial charge in [0.05, 0.1) is 24.1 Å². The van der Waals surface area contributed by atoms with Gasteiger partial charge in [-0.2, -0.15) is 5.10 Å². The maximum absolute atomic E-state index is 13.2. The standard InChI is InChI=1S/C21H20FN5O/c1-3-26(14-17-13-23-20-6-4-5-11-27(17)20)21(28)19-12-18(24-25(19)2)15-7-9-16(22)10-8-15/h4-13H,3,14H2,1-2H3. The average Bonchev–Trinajstić information content (AvgIpc) is 3.30. The molecule has 0 aliphatic rings. The third-order valence-corrected chi connectivity index (χ3v) is 4.75. The van der Waals surface area contributed by atoms with Crippen LogP contribution in [0.2, 0.25) is 0 Å². The summed E-state index contributed by atoms with van der Waals surface area (Å²) >= 11 is 0. The highest BCUT2D eigenvalue weighted by atomic mass is 19.1. The van der Waals surface area contributed by atoms with E-state index in [1.165, 1.54) is 12.1 Å². The fraction of sp³-hybridized carbons (Fsp3) is 0.190. The number of benzene rings is 1. The molecule has 142 valence electrons. The molecular formula is C21H20FN5O. The lowest BCUT2D eigenvalue weighted by molar-refractivity contribution is 0.0739. The topological polar surface area (TPSA) is 55.4 Å². The molecule has 0 aliphatic heterocycles. The number of rotatable bonds is 5. The van der Waals surface area contributed by atoms with Crippen molar-refractivity contribution in [3.05, 3.63) is 78.1 Å². The second-order valence-electron chi connectivity index (χ2n) is 6.54. The summed E-state index contributed by atoms with van der Waals surface area (Å²) in [4.78, 5) is 19.3. The Bertz CT molecular complexity index is 1130. The second kappa shape index (κ2) is 7.26. The summed E-state index contributed by atoms with van der Waals surface area (Å²) in [5.41, 5.74) is 3.67. The third kappa shape index (κ3) is 3.26. The van der Waals surface area contributed by atoms with Crippen molar-refractivity contribution >= 4 is 11.6 Å². The molecule has 0 spiro atoms. The van der Waals surface area contributed by atoms with E-state index in [0.717, 1.165) is 16.9 Å². The molecule has 3 heterocycles. The van der Waals surface area contributed by atoms with Crippen LogP contribution in [-0.2, 0) is 13.6 Å². The molecule has 0 bridgehead atoms. The van der Waals surface area contributed by atoms with Gasteiger partial charge in [-0.15, -0.1) is 0 Å². The predicted molar refractivity (Wildman–Crippen MR) is 104 cm³/mol. The van der Waals surface area contributed by atoms with Gasteiger partial charge >= 0.3 is 0 Å². The van der Waals surface area contributed by atoms with Crippen LogP contribution in [0.4, 0.5) is 4.39 Å². The normalized spacial score (nSPS) is 11.1. The Hall–Kier alpha value is -3.48. The Morgan fingerprint density at radius 2 is 1.96 bits per heavy atom. The zero-order valence-corrected chi connectivity index (χ0v) is 15.7. The number of aromatic nitrogens is 4. The first-order chi connectivity index (χ1) is 13.6. The van der Waals surface area contributed by atoms with Gasteiger partial charge in [0.2, 0.25) is 0 Å². The highest BCUT2D eigenvalue weighted by Gasteiger charge is 2.21. The molecule has 0 unspecified atom stereocenters. The SMILES string of the molecule is CCN(Cc1cnc2ccccn12)C(=O)c1cc(-c2ccc(F)cc2)nn1C. The van der Waals surface area contributed by atoms with E-state index in [2.05, 4.69) is 10.1 Å². The van der Waals surface area contributed by atoms with Crippen LogP contribution in [0.15, 0.2) is 60.9 Å². The van der Waals surface area contributed by atoms with Gasteiger partial charge in [-0.1, -0.05) is 6.07 Å². The molecule has 28 heavy (non-hydrogen) atoms. The molecule has 0 N–H and O–H groups in total. The number of nitrogens with zero attached hydrogens (tertiary/aromatic N) is 5. The number of aryl methyl sites for hydroxylation is 1. The Morgan fingerprint density at radius 1 is 1.18 bits per heavy atom. The average molecular weight is 377 g/mol. The molecule has 4 rings (SSSR count). The van der Waals surface area contributed by atoms with E-state index in [9.17, 15) is 9.18 Å². The van der Waals surface area contributed by atoms with Crippen molar-refractivity contribution in [1.82, 2.24) is 24.1 Å². The molecule has 0 radical (unpaired) electrons. The maximum Gasteiger partial charge on any atom is 0.272 e. The van der Waals surface area contributed by atoms with Crippen LogP contribution in [-0.4, -0.2) is 36.5 Å². The molecule has 0 aliphatic carbocycles. The van der Waals surface area contributed by atoms with Crippen LogP contribution in [0.5, 0.6) is 0 Å². The van der Waals surface area contributed by atoms with Crippen LogP contribution in [0.1, 0.15) is 23.1 Å². The summed E-state index contributed by atoms with van der Waals surface area (Å²) < 4.78 is 16.7. The van der Waals surface area contributed by atoms with Crippen molar-refractivity contribution in [3.8, 4) is 11.3 Å². The zero-order valence-electron chi connectivity index (χ0n) is 15.7. The summed E-state index contributed by atoms with van der Waals surface area (Å²) in [6.45, 7) is 2.94. The molecule has 7 heteroatoms. The van der Waals surface area contributed by atoms with Crippen LogP contribution in [0, 0.1) is 5.82 Å². The minimum absolute atomic E-state index is 0.114. The summed E-state index contributed by atoms with van der Waals surface area (Å²) in [5.74, 6) is -0.419. The van der Waals surface area contributed by atoms with Crippen molar-refractivity contribution in [3.63, 3.8) is 0 Å². The van der Waals surface area contributed by atoms with Crippen LogP contribution in [0.3, 0.4) is 0 Å². The van der Waals surface area contributed by atoms with Crippen molar-refractivity contribution < 1.29 is 9.18 Å². The van der Waals surface area contributed by atoms with E-state index >= 15 is 0 Å². The number of carbonyl (C=O) groups excluding carboxylic acids is 1. The summed E-state index contributed by atoms with van der Waals surface area (Å²) in [6.07, 6.45) is 3.73. The van der Waals surface area contributed by atoms with Gasteiger partial charge in [-0.05, 0) is 49.4 Å². The third-order valence-electron chi connectivity index (χ3n) is 4.75. The van der Waals surface area contributed by atoms with Gasteiger partial charge in [-0.25, -0.2) is 9.37 Å². The first kappa shape index (κ1) is 17.9. The maximum atomic E-state index is 13.2. The van der Waals surface area contributed by atoms with Gasteiger partial charge in [0.25, 0.3) is 5.91 Å². The quantitative estimate of drug-likeness (QED) is 0.535. The Kier molecular flexibility index (Phi) is 4.65. The van der Waals surface area contributed by atoms with E-state index in [1.807, 2.05) is 35.7 Å². The lowest BCUT2D eigenvalue weighted by atomic mass is 10.1. The fourth-order valence-corrected chi connectivity index (χ4v) is 3.22. The lowest BCUT2D eigenvalue weighted by Crippen LogP contribution is -2.32. The number of halogens is 1. The Labute approximate surface area is 161 Å². The van der Waals surface area contributed by atoms with Gasteiger partial charge in [0.1, 0.15) is 17.2 Å². The van der Waals surface area contributed by atoms with E-state index in [4.69, 9.17) is 0 Å².